The third-order valence-electron chi connectivity index (χ3n) is 6.51. The molecule has 0 spiro atoms. The first-order chi connectivity index (χ1) is 19.8. The van der Waals surface area contributed by atoms with Crippen LogP contribution in [0.1, 0.15) is 18.1 Å². The molecule has 5 aromatic heterocycles. The molecule has 4 N–H and O–H groups in total. The fraction of sp³-hybridized carbons (Fsp3) is 0.179. The summed E-state index contributed by atoms with van der Waals surface area (Å²) in [6.45, 7) is 3.59. The van der Waals surface area contributed by atoms with Gasteiger partial charge in [0.1, 0.15) is 17.0 Å². The number of nitrogens with one attached hydrogen (secondary N) is 4. The van der Waals surface area contributed by atoms with Crippen LogP contribution in [0.4, 0.5) is 4.39 Å². The summed E-state index contributed by atoms with van der Waals surface area (Å²) < 4.78 is 40.0. The molecule has 0 amide bonds. The molecule has 0 aliphatic carbocycles. The van der Waals surface area contributed by atoms with E-state index in [0.717, 1.165) is 40.5 Å². The molecule has 0 saturated carbocycles. The number of H-pyrrole nitrogens is 2. The Bertz CT molecular complexity index is 2000. The van der Waals surface area contributed by atoms with Crippen molar-refractivity contribution < 1.29 is 12.8 Å². The van der Waals surface area contributed by atoms with Gasteiger partial charge >= 0.3 is 0 Å². The number of nitrogens with zero attached hydrogens (tertiary/aromatic N) is 5. The van der Waals surface area contributed by atoms with Crippen LogP contribution in [0.25, 0.3) is 56.0 Å². The van der Waals surface area contributed by atoms with Gasteiger partial charge in [-0.2, -0.15) is 5.10 Å². The van der Waals surface area contributed by atoms with Crippen molar-refractivity contribution in [3.05, 3.63) is 78.1 Å². The Labute approximate surface area is 234 Å². The normalized spacial score (nSPS) is 12.0. The molecule has 208 valence electrons. The van der Waals surface area contributed by atoms with E-state index in [0.29, 0.717) is 45.9 Å². The number of hydrogen-bond acceptors (Lipinski definition) is 8. The summed E-state index contributed by atoms with van der Waals surface area (Å²) in [6.07, 6.45) is 8.00. The summed E-state index contributed by atoms with van der Waals surface area (Å²) in [5.74, 6) is -0.00300. The smallest absolute Gasteiger partial charge is 0.209 e. The van der Waals surface area contributed by atoms with E-state index in [9.17, 15) is 12.8 Å². The van der Waals surface area contributed by atoms with Crippen LogP contribution in [0.2, 0.25) is 0 Å². The summed E-state index contributed by atoms with van der Waals surface area (Å²) in [6, 6.07) is 10.1. The van der Waals surface area contributed by atoms with Crippen LogP contribution in [0, 0.1) is 5.82 Å². The topological polar surface area (TPSA) is 154 Å². The molecule has 0 aliphatic rings. The quantitative estimate of drug-likeness (QED) is 0.204. The van der Waals surface area contributed by atoms with Gasteiger partial charge in [-0.3, -0.25) is 20.1 Å². The zero-order chi connectivity index (χ0) is 28.6. The Morgan fingerprint density at radius 2 is 1.78 bits per heavy atom. The molecule has 0 radical (unpaired) electrons. The van der Waals surface area contributed by atoms with Gasteiger partial charge in [-0.25, -0.2) is 22.5 Å². The highest BCUT2D eigenvalue weighted by Crippen LogP contribution is 2.32. The van der Waals surface area contributed by atoms with Crippen molar-refractivity contribution in [3.8, 4) is 34.0 Å². The zero-order valence-corrected chi connectivity index (χ0v) is 23.1. The maximum atomic E-state index is 14.5. The van der Waals surface area contributed by atoms with Gasteiger partial charge in [0.25, 0.3) is 0 Å². The number of halogens is 1. The number of rotatable bonds is 9. The van der Waals surface area contributed by atoms with E-state index in [1.807, 2.05) is 12.3 Å². The molecule has 11 nitrogen and oxygen atoms in total. The Hall–Kier alpha value is -4.59. The van der Waals surface area contributed by atoms with Crippen LogP contribution in [0.5, 0.6) is 0 Å². The highest BCUT2D eigenvalue weighted by Gasteiger charge is 2.18. The number of hydrogen-bond donors (Lipinski definition) is 4. The van der Waals surface area contributed by atoms with E-state index in [4.69, 9.17) is 4.98 Å². The molecule has 5 heterocycles. The molecule has 0 aliphatic heterocycles. The summed E-state index contributed by atoms with van der Waals surface area (Å²) in [5, 5.41) is 11.6. The van der Waals surface area contributed by atoms with Gasteiger partial charge < -0.3 is 10.3 Å². The third-order valence-corrected chi connectivity index (χ3v) is 7.18. The highest BCUT2D eigenvalue weighted by molar-refractivity contribution is 7.88. The van der Waals surface area contributed by atoms with Gasteiger partial charge in [0, 0.05) is 48.2 Å². The van der Waals surface area contributed by atoms with Gasteiger partial charge in [0.15, 0.2) is 5.82 Å². The van der Waals surface area contributed by atoms with Gasteiger partial charge in [0.2, 0.25) is 10.0 Å². The molecule has 0 fully saturated rings. The first-order valence-corrected chi connectivity index (χ1v) is 14.8. The highest BCUT2D eigenvalue weighted by atomic mass is 32.2. The SMILES string of the molecule is CCNCc1cncc(-c2cc3c(-c4nc5c(-c6cc(F)cc(CNS(C)(=O)=O)c6)nccc5[nH]4)n[nH]c3cn2)c1. The number of imidazole rings is 1. The van der Waals surface area contributed by atoms with Crippen molar-refractivity contribution in [2.45, 2.75) is 20.0 Å². The fourth-order valence-electron chi connectivity index (χ4n) is 4.61. The van der Waals surface area contributed by atoms with Crippen molar-refractivity contribution in [1.29, 1.82) is 0 Å². The van der Waals surface area contributed by atoms with Crippen molar-refractivity contribution in [1.82, 2.24) is 45.2 Å². The first kappa shape index (κ1) is 26.6. The Morgan fingerprint density at radius 3 is 2.61 bits per heavy atom. The van der Waals surface area contributed by atoms with Crippen LogP contribution < -0.4 is 10.0 Å². The molecular weight excluding hydrogens is 545 g/mol. The van der Waals surface area contributed by atoms with Gasteiger partial charge in [-0.15, -0.1) is 0 Å². The van der Waals surface area contributed by atoms with Crippen molar-refractivity contribution in [2.24, 2.45) is 0 Å². The number of aromatic nitrogens is 7. The second-order valence-corrected chi connectivity index (χ2v) is 11.5. The average Bonchev–Trinajstić information content (AvgIpc) is 3.58. The van der Waals surface area contributed by atoms with Crippen LogP contribution in [-0.4, -0.2) is 56.3 Å². The van der Waals surface area contributed by atoms with Crippen molar-refractivity contribution in [3.63, 3.8) is 0 Å². The molecule has 1 aromatic carbocycles. The number of benzene rings is 1. The van der Waals surface area contributed by atoms with E-state index in [1.165, 1.54) is 12.1 Å². The summed E-state index contributed by atoms with van der Waals surface area (Å²) in [4.78, 5) is 21.6. The standard InChI is InChI=1S/C28H26FN9O2S/c1-3-30-11-17-7-19(14-31-12-17)23-10-21-24(15-33-23)37-38-26(21)28-35-22-4-5-32-25(27(22)36-28)18-6-16(8-20(29)9-18)13-34-41(2,39)40/h4-10,12,14-15,30,34H,3,11,13H2,1-2H3,(H,35,36)(H,37,38). The lowest BCUT2D eigenvalue weighted by molar-refractivity contribution is 0.586. The summed E-state index contributed by atoms with van der Waals surface area (Å²) in [7, 11) is -3.44. The predicted molar refractivity (Wildman–Crippen MR) is 154 cm³/mol. The molecule has 41 heavy (non-hydrogen) atoms. The van der Waals surface area contributed by atoms with Crippen LogP contribution in [-0.2, 0) is 23.1 Å². The Morgan fingerprint density at radius 1 is 0.927 bits per heavy atom. The lowest BCUT2D eigenvalue weighted by Gasteiger charge is -2.07. The Kier molecular flexibility index (Phi) is 6.99. The maximum absolute atomic E-state index is 14.5. The van der Waals surface area contributed by atoms with Gasteiger partial charge in [0.05, 0.1) is 34.9 Å². The Balaban J connectivity index is 1.39. The lowest BCUT2D eigenvalue weighted by atomic mass is 10.1. The van der Waals surface area contributed by atoms with E-state index in [-0.39, 0.29) is 6.54 Å². The fourth-order valence-corrected chi connectivity index (χ4v) is 5.04. The molecule has 0 unspecified atom stereocenters. The minimum absolute atomic E-state index is 0.0471. The predicted octanol–water partition coefficient (Wildman–Crippen LogP) is 3.92. The van der Waals surface area contributed by atoms with Crippen molar-refractivity contribution in [2.75, 3.05) is 12.8 Å². The van der Waals surface area contributed by atoms with Crippen LogP contribution >= 0.6 is 0 Å². The van der Waals surface area contributed by atoms with E-state index >= 15 is 0 Å². The largest absolute Gasteiger partial charge is 0.336 e. The average molecular weight is 572 g/mol. The van der Waals surface area contributed by atoms with Gasteiger partial charge in [-0.05, 0) is 54.1 Å². The van der Waals surface area contributed by atoms with Crippen molar-refractivity contribution >= 4 is 32.0 Å². The van der Waals surface area contributed by atoms with Gasteiger partial charge in [-0.1, -0.05) is 6.92 Å². The van der Waals surface area contributed by atoms with E-state index in [1.54, 1.807) is 30.7 Å². The molecule has 0 saturated heterocycles. The minimum Gasteiger partial charge on any atom is -0.336 e. The summed E-state index contributed by atoms with van der Waals surface area (Å²) >= 11 is 0. The summed E-state index contributed by atoms with van der Waals surface area (Å²) in [5.41, 5.74) is 6.64. The lowest BCUT2D eigenvalue weighted by Crippen LogP contribution is -2.21. The molecule has 6 aromatic rings. The zero-order valence-electron chi connectivity index (χ0n) is 22.2. The molecule has 6 rings (SSSR count). The second kappa shape index (κ2) is 10.8. The third kappa shape index (κ3) is 5.68. The number of pyridine rings is 3. The monoisotopic (exact) mass is 571 g/mol. The first-order valence-electron chi connectivity index (χ1n) is 12.9. The van der Waals surface area contributed by atoms with E-state index < -0.39 is 15.8 Å². The molecule has 13 heteroatoms. The number of aromatic amines is 2. The number of sulfonamides is 1. The van der Waals surface area contributed by atoms with Crippen LogP contribution in [0.15, 0.2) is 61.2 Å². The van der Waals surface area contributed by atoms with Crippen LogP contribution in [0.3, 0.4) is 0 Å². The number of fused-ring (bicyclic) bond motifs is 2. The molecule has 0 bridgehead atoms. The maximum Gasteiger partial charge on any atom is 0.209 e. The second-order valence-electron chi connectivity index (χ2n) is 9.63. The molecular formula is C28H26FN9O2S. The molecule has 0 atom stereocenters. The van der Waals surface area contributed by atoms with E-state index in [2.05, 4.69) is 53.2 Å². The minimum atomic E-state index is -3.44.